The summed E-state index contributed by atoms with van der Waals surface area (Å²) in [4.78, 5) is 17.4. The molecule has 0 bridgehead atoms. The van der Waals surface area contributed by atoms with Gasteiger partial charge in [0, 0.05) is 28.9 Å². The number of aromatic nitrogens is 1. The molecule has 3 N–H and O–H groups in total. The van der Waals surface area contributed by atoms with Crippen LogP contribution in [0.4, 0.5) is 5.69 Å². The van der Waals surface area contributed by atoms with Gasteiger partial charge < -0.3 is 15.5 Å². The molecule has 3 aromatic carbocycles. The summed E-state index contributed by atoms with van der Waals surface area (Å²) < 4.78 is 6.09. The normalized spacial score (nSPS) is 15.3. The van der Waals surface area contributed by atoms with E-state index in [4.69, 9.17) is 10.2 Å². The molecule has 0 aliphatic heterocycles. The number of carbonyl (C=O) groups is 1. The van der Waals surface area contributed by atoms with Crippen molar-refractivity contribution in [1.29, 1.82) is 5.26 Å². The van der Waals surface area contributed by atoms with E-state index in [1.165, 1.54) is 11.1 Å². The molecular weight excluding hydrogens is 448 g/mol. The van der Waals surface area contributed by atoms with Gasteiger partial charge in [0.25, 0.3) is 5.91 Å². The topological polar surface area (TPSA) is 105 Å². The number of nitrogens with one attached hydrogen (secondary N) is 1. The van der Waals surface area contributed by atoms with Crippen molar-refractivity contribution in [3.8, 4) is 17.5 Å². The van der Waals surface area contributed by atoms with Crippen LogP contribution >= 0.6 is 0 Å². The van der Waals surface area contributed by atoms with E-state index < -0.39 is 0 Å². The van der Waals surface area contributed by atoms with Crippen molar-refractivity contribution >= 4 is 22.7 Å². The van der Waals surface area contributed by atoms with Crippen LogP contribution in [0.5, 0.6) is 0 Å². The number of aryl methyl sites for hydroxylation is 2. The van der Waals surface area contributed by atoms with E-state index in [1.807, 2.05) is 24.3 Å². The lowest BCUT2D eigenvalue weighted by atomic mass is 9.99. The molecule has 1 atom stereocenters. The average molecular weight is 479 g/mol. The van der Waals surface area contributed by atoms with Gasteiger partial charge in [-0.05, 0) is 97.2 Å². The maximum absolute atomic E-state index is 12.8. The molecule has 6 nitrogen and oxygen atoms in total. The fourth-order valence-electron chi connectivity index (χ4n) is 4.97. The van der Waals surface area contributed by atoms with Gasteiger partial charge in [-0.2, -0.15) is 5.26 Å². The van der Waals surface area contributed by atoms with Crippen LogP contribution in [-0.4, -0.2) is 17.4 Å². The first-order valence-electron chi connectivity index (χ1n) is 12.5. The molecule has 0 spiro atoms. The second kappa shape index (κ2) is 9.87. The van der Waals surface area contributed by atoms with E-state index in [1.54, 1.807) is 18.2 Å². The summed E-state index contributed by atoms with van der Waals surface area (Å²) >= 11 is 0. The van der Waals surface area contributed by atoms with E-state index in [0.717, 1.165) is 42.5 Å². The molecule has 5 rings (SSSR count). The zero-order valence-corrected chi connectivity index (χ0v) is 20.7. The predicted molar refractivity (Wildman–Crippen MR) is 142 cm³/mol. The Morgan fingerprint density at radius 3 is 2.58 bits per heavy atom. The highest BCUT2D eigenvalue weighted by molar-refractivity contribution is 5.94. The molecule has 4 aromatic rings. The monoisotopic (exact) mass is 478 g/mol. The number of anilines is 1. The van der Waals surface area contributed by atoms with E-state index in [-0.39, 0.29) is 11.8 Å². The summed E-state index contributed by atoms with van der Waals surface area (Å²) in [6.45, 7) is 4.79. The average Bonchev–Trinajstić information content (AvgIpc) is 3.21. The van der Waals surface area contributed by atoms with Crippen LogP contribution < -0.4 is 11.1 Å². The number of nitrogens with two attached hydrogens (primary N) is 1. The first kappa shape index (κ1) is 23.6. The molecule has 1 aliphatic rings. The molecule has 1 unspecified atom stereocenters. The van der Waals surface area contributed by atoms with Crippen molar-refractivity contribution in [2.24, 2.45) is 5.92 Å². The van der Waals surface area contributed by atoms with Gasteiger partial charge in [0.15, 0.2) is 5.58 Å². The number of nitrogen functional groups attached to an aromatic ring is 1. The van der Waals surface area contributed by atoms with Crippen LogP contribution in [-0.2, 0) is 12.8 Å². The lowest BCUT2D eigenvalue weighted by Gasteiger charge is -2.15. The van der Waals surface area contributed by atoms with Crippen LogP contribution in [0.1, 0.15) is 65.2 Å². The van der Waals surface area contributed by atoms with Gasteiger partial charge in [0.2, 0.25) is 5.89 Å². The maximum atomic E-state index is 12.8. The number of rotatable bonds is 5. The van der Waals surface area contributed by atoms with Crippen molar-refractivity contribution in [3.63, 3.8) is 0 Å². The van der Waals surface area contributed by atoms with Crippen molar-refractivity contribution in [1.82, 2.24) is 10.3 Å². The first-order chi connectivity index (χ1) is 17.4. The molecule has 0 saturated carbocycles. The predicted octanol–water partition coefficient (Wildman–Crippen LogP) is 6.00. The van der Waals surface area contributed by atoms with Crippen molar-refractivity contribution in [2.75, 3.05) is 12.3 Å². The Labute approximate surface area is 211 Å². The Kier molecular flexibility index (Phi) is 6.47. The molecule has 1 aromatic heterocycles. The smallest absolute Gasteiger partial charge is 0.251 e. The van der Waals surface area contributed by atoms with E-state index in [2.05, 4.69) is 42.4 Å². The van der Waals surface area contributed by atoms with E-state index >= 15 is 0 Å². The minimum atomic E-state index is -0.0779. The lowest BCUT2D eigenvalue weighted by Crippen LogP contribution is -2.29. The Morgan fingerprint density at radius 1 is 1.11 bits per heavy atom. The highest BCUT2D eigenvalue weighted by Gasteiger charge is 2.19. The van der Waals surface area contributed by atoms with Crippen LogP contribution in [0.2, 0.25) is 0 Å². The molecular formula is C30H30N4O2. The lowest BCUT2D eigenvalue weighted by molar-refractivity contribution is 0.0946. The van der Waals surface area contributed by atoms with Crippen LogP contribution in [0.15, 0.2) is 59.0 Å². The van der Waals surface area contributed by atoms with Crippen LogP contribution in [0.25, 0.3) is 22.6 Å². The van der Waals surface area contributed by atoms with E-state index in [9.17, 15) is 10.1 Å². The maximum Gasteiger partial charge on any atom is 0.251 e. The quantitative estimate of drug-likeness (QED) is 0.270. The number of amides is 1. The standard InChI is InChI=1S/C30H30N4O2/c1-18(2)26-13-20(16-31)14-27-28(26)36-30(34-27)23-9-7-22(8-10-23)29(35)33-17-19-3-5-21-11-12-25(32)15-24(21)6-4-19/h7-15,18-19H,3-6,17,32H2,1-2H3,(H,33,35). The summed E-state index contributed by atoms with van der Waals surface area (Å²) in [7, 11) is 0. The number of nitrogens with zero attached hydrogens (tertiary/aromatic N) is 2. The number of fused-ring (bicyclic) bond motifs is 2. The summed E-state index contributed by atoms with van der Waals surface area (Å²) in [5.74, 6) is 1.04. The SMILES string of the molecule is CC(C)c1cc(C#N)cc2nc(-c3ccc(C(=O)NCC4CCc5ccc(N)cc5CC4)cc3)oc12. The molecule has 0 fully saturated rings. The molecule has 0 radical (unpaired) electrons. The molecule has 182 valence electrons. The second-order valence-corrected chi connectivity index (χ2v) is 9.96. The number of nitriles is 1. The molecule has 36 heavy (non-hydrogen) atoms. The summed E-state index contributed by atoms with van der Waals surface area (Å²) in [5, 5.41) is 12.5. The summed E-state index contributed by atoms with van der Waals surface area (Å²) in [5.41, 5.74) is 13.8. The zero-order chi connectivity index (χ0) is 25.2. The minimum Gasteiger partial charge on any atom is -0.436 e. The van der Waals surface area contributed by atoms with Crippen LogP contribution in [0.3, 0.4) is 0 Å². The largest absolute Gasteiger partial charge is 0.436 e. The third-order valence-electron chi connectivity index (χ3n) is 7.09. The van der Waals surface area contributed by atoms with Crippen molar-refractivity contribution in [2.45, 2.75) is 45.4 Å². The van der Waals surface area contributed by atoms with Gasteiger partial charge in [0.05, 0.1) is 11.6 Å². The first-order valence-corrected chi connectivity index (χ1v) is 12.5. The van der Waals surface area contributed by atoms with Gasteiger partial charge in [-0.3, -0.25) is 4.79 Å². The molecule has 1 heterocycles. The number of carbonyl (C=O) groups excluding carboxylic acids is 1. The van der Waals surface area contributed by atoms with Crippen molar-refractivity contribution in [3.05, 3.63) is 82.4 Å². The Bertz CT molecular complexity index is 1460. The Balaban J connectivity index is 1.25. The van der Waals surface area contributed by atoms with Gasteiger partial charge in [0.1, 0.15) is 5.52 Å². The summed E-state index contributed by atoms with van der Waals surface area (Å²) in [6, 6.07) is 19.3. The van der Waals surface area contributed by atoms with Gasteiger partial charge in [-0.25, -0.2) is 4.98 Å². The fourth-order valence-corrected chi connectivity index (χ4v) is 4.97. The summed E-state index contributed by atoms with van der Waals surface area (Å²) in [6.07, 6.45) is 4.11. The highest BCUT2D eigenvalue weighted by atomic mass is 16.3. The van der Waals surface area contributed by atoms with Gasteiger partial charge >= 0.3 is 0 Å². The number of hydrogen-bond acceptors (Lipinski definition) is 5. The third kappa shape index (κ3) is 4.83. The fraction of sp³-hybridized carbons (Fsp3) is 0.300. The van der Waals surface area contributed by atoms with Gasteiger partial charge in [-0.15, -0.1) is 0 Å². The highest BCUT2D eigenvalue weighted by Crippen LogP contribution is 2.31. The Morgan fingerprint density at radius 2 is 1.86 bits per heavy atom. The zero-order valence-electron chi connectivity index (χ0n) is 20.7. The Hall–Kier alpha value is -4.11. The molecule has 0 saturated heterocycles. The molecule has 6 heteroatoms. The van der Waals surface area contributed by atoms with Crippen molar-refractivity contribution < 1.29 is 9.21 Å². The number of benzene rings is 3. The second-order valence-electron chi connectivity index (χ2n) is 9.96. The molecule has 1 amide bonds. The number of oxazole rings is 1. The van der Waals surface area contributed by atoms with Gasteiger partial charge in [-0.1, -0.05) is 19.9 Å². The number of hydrogen-bond donors (Lipinski definition) is 2. The minimum absolute atomic E-state index is 0.0779. The molecule has 1 aliphatic carbocycles. The van der Waals surface area contributed by atoms with Crippen LogP contribution in [0, 0.1) is 17.2 Å². The third-order valence-corrected chi connectivity index (χ3v) is 7.09. The van der Waals surface area contributed by atoms with E-state index in [0.29, 0.717) is 40.6 Å².